The Balaban J connectivity index is 2.11. The Morgan fingerprint density at radius 2 is 2.30 bits per heavy atom. The van der Waals surface area contributed by atoms with Crippen molar-refractivity contribution < 1.29 is 9.13 Å². The lowest BCUT2D eigenvalue weighted by molar-refractivity contribution is -0.0113. The maximum atomic E-state index is 13.3. The highest BCUT2D eigenvalue weighted by molar-refractivity contribution is 5.19. The summed E-state index contributed by atoms with van der Waals surface area (Å²) in [6, 6.07) is 6.81. The van der Waals surface area contributed by atoms with E-state index in [-0.39, 0.29) is 17.5 Å². The summed E-state index contributed by atoms with van der Waals surface area (Å²) in [6.45, 7) is 4.65. The highest BCUT2D eigenvalue weighted by Crippen LogP contribution is 2.25. The third kappa shape index (κ3) is 3.57. The topological polar surface area (TPSA) is 38.5 Å². The van der Waals surface area contributed by atoms with Crippen molar-refractivity contribution in [1.29, 1.82) is 0 Å². The predicted octanol–water partition coefficient (Wildman–Crippen LogP) is 2.20. The van der Waals surface area contributed by atoms with E-state index >= 15 is 0 Å². The summed E-state index contributed by atoms with van der Waals surface area (Å²) in [7, 11) is 1.76. The molecule has 4 heteroatoms. The normalized spacial score (nSPS) is 23.5. The van der Waals surface area contributed by atoms with Crippen molar-refractivity contribution in [3.8, 4) is 0 Å². The van der Waals surface area contributed by atoms with Crippen LogP contribution in [0, 0.1) is 5.82 Å². The number of likely N-dealkylation sites (tertiary alicyclic amines) is 1. The van der Waals surface area contributed by atoms with Crippen LogP contribution < -0.4 is 5.73 Å². The number of hydrogen-bond acceptors (Lipinski definition) is 3. The smallest absolute Gasteiger partial charge is 0.123 e. The molecule has 2 N–H and O–H groups in total. The Hall–Kier alpha value is -0.970. The zero-order valence-corrected chi connectivity index (χ0v) is 12.4. The van der Waals surface area contributed by atoms with Crippen molar-refractivity contribution in [2.45, 2.75) is 37.8 Å². The van der Waals surface area contributed by atoms with Crippen molar-refractivity contribution in [2.24, 2.45) is 5.73 Å². The average Bonchev–Trinajstić information content (AvgIpc) is 2.47. The van der Waals surface area contributed by atoms with Gasteiger partial charge in [-0.25, -0.2) is 4.39 Å². The first-order valence-electron chi connectivity index (χ1n) is 7.30. The molecule has 3 nitrogen and oxygen atoms in total. The second kappa shape index (κ2) is 6.66. The number of methoxy groups -OCH3 is 1. The van der Waals surface area contributed by atoms with E-state index in [0.717, 1.165) is 37.9 Å². The van der Waals surface area contributed by atoms with Gasteiger partial charge in [-0.1, -0.05) is 12.1 Å². The molecule has 0 radical (unpaired) electrons. The molecule has 0 aliphatic carbocycles. The summed E-state index contributed by atoms with van der Waals surface area (Å²) < 4.78 is 18.8. The van der Waals surface area contributed by atoms with Gasteiger partial charge in [0, 0.05) is 25.7 Å². The molecule has 0 aromatic heterocycles. The van der Waals surface area contributed by atoms with Crippen LogP contribution >= 0.6 is 0 Å². The van der Waals surface area contributed by atoms with Gasteiger partial charge in [-0.3, -0.25) is 4.90 Å². The molecule has 0 spiro atoms. The lowest BCUT2D eigenvalue weighted by Crippen LogP contribution is -2.57. The number of nitrogens with two attached hydrogens (primary N) is 1. The van der Waals surface area contributed by atoms with Gasteiger partial charge in [0.15, 0.2) is 0 Å². The van der Waals surface area contributed by atoms with E-state index in [9.17, 15) is 4.39 Å². The fraction of sp³-hybridized carbons (Fsp3) is 0.625. The lowest BCUT2D eigenvalue weighted by atomic mass is 9.88. The summed E-state index contributed by atoms with van der Waals surface area (Å²) in [5, 5.41) is 0. The Morgan fingerprint density at radius 1 is 1.50 bits per heavy atom. The molecule has 0 amide bonds. The van der Waals surface area contributed by atoms with Crippen LogP contribution in [0.2, 0.25) is 0 Å². The van der Waals surface area contributed by atoms with Crippen LogP contribution in [-0.2, 0) is 11.2 Å². The van der Waals surface area contributed by atoms with E-state index in [0.29, 0.717) is 6.54 Å². The molecule has 2 atom stereocenters. The number of halogens is 1. The van der Waals surface area contributed by atoms with Crippen LogP contribution in [0.25, 0.3) is 0 Å². The molecule has 112 valence electrons. The average molecular weight is 280 g/mol. The zero-order chi connectivity index (χ0) is 14.6. The Bertz CT molecular complexity index is 440. The quantitative estimate of drug-likeness (QED) is 0.898. The van der Waals surface area contributed by atoms with E-state index in [2.05, 4.69) is 11.8 Å². The summed E-state index contributed by atoms with van der Waals surface area (Å²) in [4.78, 5) is 2.40. The van der Waals surface area contributed by atoms with Crippen LogP contribution in [0.4, 0.5) is 4.39 Å². The fourth-order valence-corrected chi connectivity index (χ4v) is 3.02. The van der Waals surface area contributed by atoms with Crippen LogP contribution in [0.15, 0.2) is 24.3 Å². The Morgan fingerprint density at radius 3 is 2.95 bits per heavy atom. The van der Waals surface area contributed by atoms with Gasteiger partial charge in [-0.05, 0) is 50.4 Å². The van der Waals surface area contributed by atoms with E-state index < -0.39 is 0 Å². The van der Waals surface area contributed by atoms with E-state index in [4.69, 9.17) is 10.5 Å². The van der Waals surface area contributed by atoms with Crippen molar-refractivity contribution in [2.75, 3.05) is 26.7 Å². The number of benzene rings is 1. The van der Waals surface area contributed by atoms with E-state index in [1.807, 2.05) is 6.07 Å². The van der Waals surface area contributed by atoms with Crippen molar-refractivity contribution in [3.05, 3.63) is 35.6 Å². The van der Waals surface area contributed by atoms with Gasteiger partial charge in [0.1, 0.15) is 5.82 Å². The molecular weight excluding hydrogens is 255 g/mol. The monoisotopic (exact) mass is 280 g/mol. The molecule has 1 aliphatic heterocycles. The van der Waals surface area contributed by atoms with Crippen molar-refractivity contribution in [3.63, 3.8) is 0 Å². The Labute approximate surface area is 120 Å². The summed E-state index contributed by atoms with van der Waals surface area (Å²) in [5.74, 6) is -0.185. The maximum absolute atomic E-state index is 13.3. The van der Waals surface area contributed by atoms with E-state index in [1.54, 1.807) is 19.2 Å². The van der Waals surface area contributed by atoms with E-state index in [1.165, 1.54) is 6.07 Å². The van der Waals surface area contributed by atoms with Gasteiger partial charge >= 0.3 is 0 Å². The minimum atomic E-state index is -0.185. The molecular formula is C16H25FN2O. The molecule has 1 fully saturated rings. The largest absolute Gasteiger partial charge is 0.380 e. The molecule has 1 aromatic rings. The maximum Gasteiger partial charge on any atom is 0.123 e. The van der Waals surface area contributed by atoms with Gasteiger partial charge in [-0.15, -0.1) is 0 Å². The molecule has 0 bridgehead atoms. The number of hydrogen-bond donors (Lipinski definition) is 1. The van der Waals surface area contributed by atoms with Gasteiger partial charge in [0.25, 0.3) is 0 Å². The molecule has 1 aliphatic rings. The van der Waals surface area contributed by atoms with Gasteiger partial charge in [0.05, 0.1) is 6.10 Å². The Kier molecular flexibility index (Phi) is 5.13. The lowest BCUT2D eigenvalue weighted by Gasteiger charge is -2.45. The van der Waals surface area contributed by atoms with Crippen LogP contribution in [0.1, 0.15) is 25.3 Å². The number of rotatable bonds is 5. The first-order valence-corrected chi connectivity index (χ1v) is 7.30. The number of nitrogens with zero attached hydrogens (tertiary/aromatic N) is 1. The number of ether oxygens (including phenoxy) is 1. The highest BCUT2D eigenvalue weighted by atomic mass is 19.1. The van der Waals surface area contributed by atoms with Crippen molar-refractivity contribution >= 4 is 0 Å². The van der Waals surface area contributed by atoms with Gasteiger partial charge in [0.2, 0.25) is 0 Å². The SMILES string of the molecule is COC1CCCN(C(C)(CN)Cc2cccc(F)c2)C1. The number of piperidine rings is 1. The zero-order valence-electron chi connectivity index (χ0n) is 12.4. The second-order valence-corrected chi connectivity index (χ2v) is 5.95. The standard InChI is InChI=1S/C16H25FN2O/c1-16(12-18,10-13-5-3-6-14(17)9-13)19-8-4-7-15(11-19)20-2/h3,5-6,9,15H,4,7-8,10-12,18H2,1-2H3. The minimum absolute atomic E-state index is 0.148. The van der Waals surface area contributed by atoms with Crippen LogP contribution in [0.5, 0.6) is 0 Å². The summed E-state index contributed by atoms with van der Waals surface area (Å²) in [5.41, 5.74) is 6.88. The molecule has 20 heavy (non-hydrogen) atoms. The minimum Gasteiger partial charge on any atom is -0.380 e. The predicted molar refractivity (Wildman–Crippen MR) is 79.2 cm³/mol. The fourth-order valence-electron chi connectivity index (χ4n) is 3.02. The third-order valence-corrected chi connectivity index (χ3v) is 4.39. The third-order valence-electron chi connectivity index (χ3n) is 4.39. The molecule has 1 heterocycles. The van der Waals surface area contributed by atoms with Crippen LogP contribution in [-0.4, -0.2) is 43.3 Å². The molecule has 2 rings (SSSR count). The van der Waals surface area contributed by atoms with Crippen molar-refractivity contribution in [1.82, 2.24) is 4.90 Å². The van der Waals surface area contributed by atoms with Gasteiger partial charge < -0.3 is 10.5 Å². The first kappa shape index (κ1) is 15.4. The second-order valence-electron chi connectivity index (χ2n) is 5.95. The first-order chi connectivity index (χ1) is 9.57. The molecule has 0 saturated carbocycles. The summed E-state index contributed by atoms with van der Waals surface area (Å²) in [6.07, 6.45) is 3.27. The molecule has 1 saturated heterocycles. The molecule has 2 unspecified atom stereocenters. The van der Waals surface area contributed by atoms with Gasteiger partial charge in [-0.2, -0.15) is 0 Å². The van der Waals surface area contributed by atoms with Crippen LogP contribution in [0.3, 0.4) is 0 Å². The highest BCUT2D eigenvalue weighted by Gasteiger charge is 2.34. The molecule has 1 aromatic carbocycles. The summed E-state index contributed by atoms with van der Waals surface area (Å²) >= 11 is 0.